The lowest BCUT2D eigenvalue weighted by molar-refractivity contribution is -0.384. The van der Waals surface area contributed by atoms with E-state index >= 15 is 0 Å². The monoisotopic (exact) mass is 327 g/mol. The molecule has 0 radical (unpaired) electrons. The van der Waals surface area contributed by atoms with E-state index in [1.54, 1.807) is 0 Å². The number of urea groups is 1. The van der Waals surface area contributed by atoms with Gasteiger partial charge in [0.2, 0.25) is 0 Å². The molecule has 1 aliphatic rings. The summed E-state index contributed by atoms with van der Waals surface area (Å²) in [5.41, 5.74) is -0.559. The third-order valence-electron chi connectivity index (χ3n) is 2.86. The van der Waals surface area contributed by atoms with Crippen LogP contribution in [0.15, 0.2) is 18.2 Å². The molecule has 0 aliphatic carbocycles. The summed E-state index contributed by atoms with van der Waals surface area (Å²) in [5, 5.41) is 13.0. The zero-order valence-electron chi connectivity index (χ0n) is 11.1. The first-order chi connectivity index (χ1) is 10.4. The number of hydrogen-bond donors (Lipinski definition) is 1. The van der Waals surface area contributed by atoms with Gasteiger partial charge in [0, 0.05) is 19.2 Å². The van der Waals surface area contributed by atoms with E-state index in [0.717, 1.165) is 11.0 Å². The Morgan fingerprint density at radius 3 is 2.77 bits per heavy atom. The molecule has 0 saturated carbocycles. The maximum absolute atomic E-state index is 11.8. The summed E-state index contributed by atoms with van der Waals surface area (Å²) in [7, 11) is 0. The smallest absolute Gasteiger partial charge is 0.338 e. The molecule has 1 N–H and O–H groups in total. The van der Waals surface area contributed by atoms with Gasteiger partial charge in [0.15, 0.2) is 6.61 Å². The van der Waals surface area contributed by atoms with Crippen LogP contribution in [0.5, 0.6) is 0 Å². The molecular formula is C12H10ClN3O6. The van der Waals surface area contributed by atoms with Gasteiger partial charge in [-0.05, 0) is 12.1 Å². The number of benzene rings is 1. The molecule has 10 heteroatoms. The fraction of sp³-hybridized carbons (Fsp3) is 0.250. The van der Waals surface area contributed by atoms with Gasteiger partial charge >= 0.3 is 12.0 Å². The van der Waals surface area contributed by atoms with E-state index in [0.29, 0.717) is 6.54 Å². The van der Waals surface area contributed by atoms with E-state index in [-0.39, 0.29) is 17.1 Å². The fourth-order valence-corrected chi connectivity index (χ4v) is 1.96. The number of nitro benzene ring substituents is 1. The topological polar surface area (TPSA) is 119 Å². The van der Waals surface area contributed by atoms with E-state index in [1.807, 2.05) is 0 Å². The van der Waals surface area contributed by atoms with Crippen molar-refractivity contribution in [2.75, 3.05) is 19.7 Å². The molecule has 22 heavy (non-hydrogen) atoms. The quantitative estimate of drug-likeness (QED) is 0.499. The van der Waals surface area contributed by atoms with Gasteiger partial charge in [-0.25, -0.2) is 9.59 Å². The Morgan fingerprint density at radius 1 is 1.45 bits per heavy atom. The van der Waals surface area contributed by atoms with Crippen molar-refractivity contribution in [3.63, 3.8) is 0 Å². The Kier molecular flexibility index (Phi) is 4.56. The van der Waals surface area contributed by atoms with Gasteiger partial charge < -0.3 is 10.1 Å². The molecule has 1 saturated heterocycles. The van der Waals surface area contributed by atoms with E-state index in [2.05, 4.69) is 5.32 Å². The minimum absolute atomic E-state index is 0.116. The second-order valence-corrected chi connectivity index (χ2v) is 4.68. The lowest BCUT2D eigenvalue weighted by atomic mass is 10.2. The van der Waals surface area contributed by atoms with Gasteiger partial charge in [0.05, 0.1) is 10.5 Å². The number of esters is 1. The van der Waals surface area contributed by atoms with Crippen molar-refractivity contribution in [1.82, 2.24) is 10.2 Å². The Hall–Kier alpha value is -2.68. The van der Waals surface area contributed by atoms with Crippen LogP contribution in [-0.4, -0.2) is 47.4 Å². The minimum Gasteiger partial charge on any atom is -0.452 e. The summed E-state index contributed by atoms with van der Waals surface area (Å²) in [6, 6.07) is 2.83. The molecule has 0 aromatic heterocycles. The van der Waals surface area contributed by atoms with E-state index in [9.17, 15) is 24.5 Å². The standard InChI is InChI=1S/C12H10ClN3O6/c13-8-2-1-7(5-9(8)16(20)21)11(18)22-6-10(17)15-4-3-14-12(15)19/h1-2,5H,3-4,6H2,(H,14,19). The number of nitrogens with one attached hydrogen (secondary N) is 1. The number of carbonyl (C=O) groups is 3. The molecule has 3 amide bonds. The lowest BCUT2D eigenvalue weighted by Crippen LogP contribution is -2.37. The van der Waals surface area contributed by atoms with Crippen molar-refractivity contribution >= 4 is 35.2 Å². The molecule has 1 aromatic carbocycles. The van der Waals surface area contributed by atoms with Crippen molar-refractivity contribution in [2.24, 2.45) is 0 Å². The second kappa shape index (κ2) is 6.39. The van der Waals surface area contributed by atoms with Crippen molar-refractivity contribution in [3.05, 3.63) is 38.9 Å². The highest BCUT2D eigenvalue weighted by molar-refractivity contribution is 6.32. The van der Waals surface area contributed by atoms with Crippen LogP contribution in [0.25, 0.3) is 0 Å². The third kappa shape index (κ3) is 3.31. The zero-order chi connectivity index (χ0) is 16.3. The SMILES string of the molecule is O=C(OCC(=O)N1CCNC1=O)c1ccc(Cl)c([N+](=O)[O-])c1. The molecule has 116 valence electrons. The summed E-state index contributed by atoms with van der Waals surface area (Å²) >= 11 is 5.63. The van der Waals surface area contributed by atoms with Crippen LogP contribution >= 0.6 is 11.6 Å². The first-order valence-corrected chi connectivity index (χ1v) is 6.47. The fourth-order valence-electron chi connectivity index (χ4n) is 1.78. The van der Waals surface area contributed by atoms with Crippen LogP contribution in [0.4, 0.5) is 10.5 Å². The number of nitrogens with zero attached hydrogens (tertiary/aromatic N) is 2. The number of imide groups is 1. The highest BCUT2D eigenvalue weighted by Gasteiger charge is 2.27. The lowest BCUT2D eigenvalue weighted by Gasteiger charge is -2.12. The Balaban J connectivity index is 2.00. The van der Waals surface area contributed by atoms with Crippen molar-refractivity contribution in [3.8, 4) is 0 Å². The minimum atomic E-state index is -0.923. The Labute approximate surface area is 128 Å². The Bertz CT molecular complexity index is 662. The molecule has 1 aromatic rings. The largest absolute Gasteiger partial charge is 0.452 e. The zero-order valence-corrected chi connectivity index (χ0v) is 11.8. The predicted octanol–water partition coefficient (Wildman–Crippen LogP) is 0.957. The van der Waals surface area contributed by atoms with Gasteiger partial charge in [-0.15, -0.1) is 0 Å². The molecule has 2 rings (SSSR count). The normalized spacial score (nSPS) is 13.7. The Morgan fingerprint density at radius 2 is 2.18 bits per heavy atom. The van der Waals surface area contributed by atoms with Crippen LogP contribution in [-0.2, 0) is 9.53 Å². The number of amides is 3. The van der Waals surface area contributed by atoms with Gasteiger partial charge in [-0.1, -0.05) is 11.6 Å². The molecule has 0 atom stereocenters. The van der Waals surface area contributed by atoms with Crippen LogP contribution in [0.3, 0.4) is 0 Å². The molecule has 0 bridgehead atoms. The summed E-state index contributed by atoms with van der Waals surface area (Å²) < 4.78 is 4.75. The number of ether oxygens (including phenoxy) is 1. The van der Waals surface area contributed by atoms with Gasteiger partial charge in [-0.3, -0.25) is 19.8 Å². The van der Waals surface area contributed by atoms with E-state index < -0.39 is 35.1 Å². The van der Waals surface area contributed by atoms with Crippen molar-refractivity contribution in [2.45, 2.75) is 0 Å². The number of nitro groups is 1. The van der Waals surface area contributed by atoms with Gasteiger partial charge in [0.1, 0.15) is 5.02 Å². The second-order valence-electron chi connectivity index (χ2n) is 4.28. The summed E-state index contributed by atoms with van der Waals surface area (Å²) in [6.45, 7) is -0.105. The maximum atomic E-state index is 11.8. The average Bonchev–Trinajstić information content (AvgIpc) is 2.90. The van der Waals surface area contributed by atoms with Gasteiger partial charge in [-0.2, -0.15) is 0 Å². The molecule has 0 spiro atoms. The van der Waals surface area contributed by atoms with Crippen molar-refractivity contribution < 1.29 is 24.0 Å². The molecule has 9 nitrogen and oxygen atoms in total. The molecule has 1 heterocycles. The molecule has 1 fully saturated rings. The number of hydrogen-bond acceptors (Lipinski definition) is 6. The highest BCUT2D eigenvalue weighted by Crippen LogP contribution is 2.25. The summed E-state index contributed by atoms with van der Waals surface area (Å²) in [6.07, 6.45) is 0. The van der Waals surface area contributed by atoms with Crippen LogP contribution in [0, 0.1) is 10.1 Å². The molecule has 1 aliphatic heterocycles. The molecule has 0 unspecified atom stereocenters. The maximum Gasteiger partial charge on any atom is 0.338 e. The highest BCUT2D eigenvalue weighted by atomic mass is 35.5. The number of rotatable bonds is 4. The molecular weight excluding hydrogens is 318 g/mol. The van der Waals surface area contributed by atoms with Gasteiger partial charge in [0.25, 0.3) is 11.6 Å². The number of carbonyl (C=O) groups excluding carboxylic acids is 3. The first kappa shape index (κ1) is 15.7. The summed E-state index contributed by atoms with van der Waals surface area (Å²) in [5.74, 6) is -1.60. The average molecular weight is 328 g/mol. The van der Waals surface area contributed by atoms with Crippen LogP contribution in [0.1, 0.15) is 10.4 Å². The number of halogens is 1. The first-order valence-electron chi connectivity index (χ1n) is 6.09. The summed E-state index contributed by atoms with van der Waals surface area (Å²) in [4.78, 5) is 45.6. The van der Waals surface area contributed by atoms with E-state index in [1.165, 1.54) is 12.1 Å². The van der Waals surface area contributed by atoms with Crippen LogP contribution in [0.2, 0.25) is 5.02 Å². The predicted molar refractivity (Wildman–Crippen MR) is 73.5 cm³/mol. The van der Waals surface area contributed by atoms with Crippen LogP contribution < -0.4 is 5.32 Å². The third-order valence-corrected chi connectivity index (χ3v) is 3.18. The van der Waals surface area contributed by atoms with E-state index in [4.69, 9.17) is 16.3 Å². The van der Waals surface area contributed by atoms with Crippen molar-refractivity contribution in [1.29, 1.82) is 0 Å².